The summed E-state index contributed by atoms with van der Waals surface area (Å²) in [6.45, 7) is 4.93. The summed E-state index contributed by atoms with van der Waals surface area (Å²) in [5.41, 5.74) is 1.53. The Bertz CT molecular complexity index is 991. The molecule has 7 nitrogen and oxygen atoms in total. The van der Waals surface area contributed by atoms with E-state index in [9.17, 15) is 9.90 Å². The van der Waals surface area contributed by atoms with Gasteiger partial charge in [0.05, 0.1) is 12.0 Å². The van der Waals surface area contributed by atoms with E-state index in [1.165, 1.54) is 0 Å². The number of likely N-dealkylation sites (tertiary alicyclic amines) is 1. The minimum absolute atomic E-state index is 0.0298. The molecular weight excluding hydrogens is 368 g/mol. The molecule has 0 bridgehead atoms. The van der Waals surface area contributed by atoms with E-state index >= 15 is 0 Å². The number of aromatic nitrogens is 3. The average molecular weight is 394 g/mol. The Morgan fingerprint density at radius 1 is 1.21 bits per heavy atom. The van der Waals surface area contributed by atoms with Crippen molar-refractivity contribution in [2.24, 2.45) is 5.92 Å². The van der Waals surface area contributed by atoms with Gasteiger partial charge in [0.1, 0.15) is 17.6 Å². The molecule has 3 aromatic rings. The van der Waals surface area contributed by atoms with Gasteiger partial charge in [-0.2, -0.15) is 0 Å². The van der Waals surface area contributed by atoms with Gasteiger partial charge in [0, 0.05) is 37.1 Å². The highest BCUT2D eigenvalue weighted by molar-refractivity contribution is 5.57. The van der Waals surface area contributed by atoms with Crippen LogP contribution >= 0.6 is 0 Å². The van der Waals surface area contributed by atoms with Crippen molar-refractivity contribution >= 4 is 0 Å². The molecule has 0 saturated carbocycles. The third-order valence-electron chi connectivity index (χ3n) is 5.54. The summed E-state index contributed by atoms with van der Waals surface area (Å²) in [5.74, 6) is 1.86. The largest absolute Gasteiger partial charge is 0.464 e. The number of aliphatic hydroxyl groups is 1. The molecule has 29 heavy (non-hydrogen) atoms. The lowest BCUT2D eigenvalue weighted by Gasteiger charge is -2.33. The van der Waals surface area contributed by atoms with Gasteiger partial charge < -0.3 is 14.4 Å². The number of aryl methyl sites for hydroxylation is 1. The molecule has 1 atom stereocenters. The van der Waals surface area contributed by atoms with Crippen LogP contribution < -0.4 is 5.56 Å². The summed E-state index contributed by atoms with van der Waals surface area (Å²) < 4.78 is 7.22. The summed E-state index contributed by atoms with van der Waals surface area (Å²) in [5, 5.41) is 10.4. The fourth-order valence-electron chi connectivity index (χ4n) is 3.84. The van der Waals surface area contributed by atoms with Crippen molar-refractivity contribution in [3.8, 4) is 11.3 Å². The maximum Gasteiger partial charge on any atom is 0.253 e. The van der Waals surface area contributed by atoms with Crippen molar-refractivity contribution in [2.45, 2.75) is 32.4 Å². The van der Waals surface area contributed by atoms with Crippen LogP contribution in [0, 0.1) is 12.8 Å². The van der Waals surface area contributed by atoms with Gasteiger partial charge in [-0.25, -0.2) is 4.98 Å². The van der Waals surface area contributed by atoms with E-state index < -0.39 is 6.10 Å². The smallest absolute Gasteiger partial charge is 0.253 e. The Labute approximate surface area is 169 Å². The molecule has 4 rings (SSSR count). The lowest BCUT2D eigenvalue weighted by Crippen LogP contribution is -2.38. The predicted molar refractivity (Wildman–Crippen MR) is 109 cm³/mol. The summed E-state index contributed by atoms with van der Waals surface area (Å²) in [6, 6.07) is 8.99. The molecule has 1 unspecified atom stereocenters. The molecule has 0 spiro atoms. The van der Waals surface area contributed by atoms with Crippen LogP contribution in [0.15, 0.2) is 58.3 Å². The van der Waals surface area contributed by atoms with Gasteiger partial charge in [-0.15, -0.1) is 0 Å². The molecule has 1 aliphatic heterocycles. The summed E-state index contributed by atoms with van der Waals surface area (Å²) >= 11 is 0. The predicted octanol–water partition coefficient (Wildman–Crippen LogP) is 2.65. The van der Waals surface area contributed by atoms with Crippen LogP contribution in [0.2, 0.25) is 0 Å². The number of piperidine rings is 1. The van der Waals surface area contributed by atoms with E-state index in [1.807, 2.05) is 31.2 Å². The fraction of sp³-hybridized carbons (Fsp3) is 0.409. The number of aliphatic hydroxyl groups excluding tert-OH is 1. The second-order valence-electron chi connectivity index (χ2n) is 7.71. The van der Waals surface area contributed by atoms with Crippen LogP contribution in [0.1, 0.15) is 30.5 Å². The van der Waals surface area contributed by atoms with E-state index in [0.717, 1.165) is 37.3 Å². The normalized spacial score (nSPS) is 16.8. The first kappa shape index (κ1) is 19.5. The van der Waals surface area contributed by atoms with E-state index in [0.29, 0.717) is 30.5 Å². The topological polar surface area (TPSA) is 84.4 Å². The molecule has 152 valence electrons. The van der Waals surface area contributed by atoms with Crippen molar-refractivity contribution in [2.75, 3.05) is 19.6 Å². The molecule has 3 aromatic heterocycles. The van der Waals surface area contributed by atoms with Gasteiger partial charge in [-0.1, -0.05) is 0 Å². The standard InChI is InChI=1S/C22H26N4O3/c1-16-2-3-21(29-16)20(27)14-25-10-6-17(7-11-25)13-26-15-24-19(12-22(26)28)18-4-8-23-9-5-18/h2-5,8-9,12,15,17,20,27H,6-7,10-11,13-14H2,1H3. The van der Waals surface area contributed by atoms with E-state index in [2.05, 4.69) is 14.9 Å². The summed E-state index contributed by atoms with van der Waals surface area (Å²) in [4.78, 5) is 23.2. The third kappa shape index (κ3) is 4.81. The van der Waals surface area contributed by atoms with Gasteiger partial charge in [0.25, 0.3) is 5.56 Å². The molecule has 1 saturated heterocycles. The maximum absolute atomic E-state index is 12.5. The quantitative estimate of drug-likeness (QED) is 0.692. The van der Waals surface area contributed by atoms with E-state index in [4.69, 9.17) is 4.42 Å². The summed E-state index contributed by atoms with van der Waals surface area (Å²) in [6.07, 6.45) is 6.41. The number of hydrogen-bond acceptors (Lipinski definition) is 6. The van der Waals surface area contributed by atoms with Gasteiger partial charge >= 0.3 is 0 Å². The number of hydrogen-bond donors (Lipinski definition) is 1. The Kier molecular flexibility index (Phi) is 5.87. The van der Waals surface area contributed by atoms with Crippen molar-refractivity contribution in [3.05, 3.63) is 70.9 Å². The van der Waals surface area contributed by atoms with E-state index in [1.54, 1.807) is 29.4 Å². The van der Waals surface area contributed by atoms with Crippen molar-refractivity contribution in [1.29, 1.82) is 0 Å². The molecule has 0 aromatic carbocycles. The van der Waals surface area contributed by atoms with Gasteiger partial charge in [0.15, 0.2) is 0 Å². The summed E-state index contributed by atoms with van der Waals surface area (Å²) in [7, 11) is 0. The Morgan fingerprint density at radius 3 is 2.62 bits per heavy atom. The zero-order valence-electron chi connectivity index (χ0n) is 16.6. The Balaban J connectivity index is 1.31. The number of β-amino-alcohol motifs (C(OH)–C–C–N with tert-alkyl or cyclic N) is 1. The lowest BCUT2D eigenvalue weighted by atomic mass is 9.96. The molecule has 1 aliphatic rings. The van der Waals surface area contributed by atoms with Gasteiger partial charge in [-0.3, -0.25) is 14.3 Å². The van der Waals surface area contributed by atoms with Gasteiger partial charge in [0.2, 0.25) is 0 Å². The van der Waals surface area contributed by atoms with Crippen LogP contribution in [-0.2, 0) is 6.54 Å². The van der Waals surface area contributed by atoms with Crippen LogP contribution in [0.5, 0.6) is 0 Å². The molecular formula is C22H26N4O3. The Morgan fingerprint density at radius 2 is 1.97 bits per heavy atom. The zero-order chi connectivity index (χ0) is 20.2. The highest BCUT2D eigenvalue weighted by Gasteiger charge is 2.23. The maximum atomic E-state index is 12.5. The highest BCUT2D eigenvalue weighted by atomic mass is 16.4. The zero-order valence-corrected chi connectivity index (χ0v) is 16.6. The second-order valence-corrected chi connectivity index (χ2v) is 7.71. The van der Waals surface area contributed by atoms with Gasteiger partial charge in [-0.05, 0) is 63.0 Å². The number of nitrogens with zero attached hydrogens (tertiary/aromatic N) is 4. The molecule has 1 N–H and O–H groups in total. The SMILES string of the molecule is Cc1ccc(C(O)CN2CCC(Cn3cnc(-c4ccncc4)cc3=O)CC2)o1. The molecule has 1 fully saturated rings. The van der Waals surface area contributed by atoms with Crippen LogP contribution in [-0.4, -0.2) is 44.2 Å². The first-order chi connectivity index (χ1) is 14.1. The second kappa shape index (κ2) is 8.71. The number of rotatable bonds is 6. The average Bonchev–Trinajstić information content (AvgIpc) is 3.18. The molecule has 7 heteroatoms. The van der Waals surface area contributed by atoms with Crippen molar-refractivity contribution in [1.82, 2.24) is 19.4 Å². The number of pyridine rings is 1. The lowest BCUT2D eigenvalue weighted by molar-refractivity contribution is 0.0724. The highest BCUT2D eigenvalue weighted by Crippen LogP contribution is 2.23. The van der Waals surface area contributed by atoms with Crippen LogP contribution in [0.3, 0.4) is 0 Å². The van der Waals surface area contributed by atoms with Crippen LogP contribution in [0.4, 0.5) is 0 Å². The van der Waals surface area contributed by atoms with Crippen LogP contribution in [0.25, 0.3) is 11.3 Å². The van der Waals surface area contributed by atoms with Crippen molar-refractivity contribution < 1.29 is 9.52 Å². The minimum Gasteiger partial charge on any atom is -0.464 e. The fourth-order valence-corrected chi connectivity index (χ4v) is 3.84. The van der Waals surface area contributed by atoms with E-state index in [-0.39, 0.29) is 5.56 Å². The molecule has 0 aliphatic carbocycles. The Hall–Kier alpha value is -2.77. The first-order valence-corrected chi connectivity index (χ1v) is 10.0. The molecule has 0 amide bonds. The first-order valence-electron chi connectivity index (χ1n) is 10.0. The third-order valence-corrected chi connectivity index (χ3v) is 5.54. The number of furan rings is 1. The minimum atomic E-state index is -0.604. The molecule has 4 heterocycles. The molecule has 0 radical (unpaired) electrons. The van der Waals surface area contributed by atoms with Crippen molar-refractivity contribution in [3.63, 3.8) is 0 Å². The monoisotopic (exact) mass is 394 g/mol.